The Morgan fingerprint density at radius 1 is 0.958 bits per heavy atom. The quantitative estimate of drug-likeness (QED) is 0.658. The third kappa shape index (κ3) is 7.48. The fraction of sp³-hybridized carbons (Fsp3) is 0.278. The van der Waals surface area contributed by atoms with Crippen LogP contribution in [0.25, 0.3) is 0 Å². The van der Waals surface area contributed by atoms with Crippen LogP contribution >= 0.6 is 15.9 Å². The lowest BCUT2D eigenvalue weighted by Crippen LogP contribution is -2.28. The number of carbonyl (C=O) groups is 1. The molecule has 0 aliphatic rings. The molecule has 2 aromatic carbocycles. The molecule has 0 aliphatic heterocycles. The zero-order valence-electron chi connectivity index (χ0n) is 13.2. The van der Waals surface area contributed by atoms with Crippen molar-refractivity contribution in [1.29, 1.82) is 0 Å². The largest absolute Gasteiger partial charge is 0.491 e. The SMILES string of the molecule is O=C(NCCOCCOc1ccc(Br)cc1)OCc1ccccc1. The van der Waals surface area contributed by atoms with Gasteiger partial charge in [-0.3, -0.25) is 0 Å². The van der Waals surface area contributed by atoms with Crippen molar-refractivity contribution in [3.63, 3.8) is 0 Å². The highest BCUT2D eigenvalue weighted by Crippen LogP contribution is 2.15. The molecule has 0 aliphatic carbocycles. The molecule has 0 aromatic heterocycles. The van der Waals surface area contributed by atoms with Gasteiger partial charge in [0.05, 0.1) is 13.2 Å². The minimum Gasteiger partial charge on any atom is -0.491 e. The Hall–Kier alpha value is -2.05. The van der Waals surface area contributed by atoms with Gasteiger partial charge < -0.3 is 19.5 Å². The number of benzene rings is 2. The molecule has 0 unspecified atom stereocenters. The number of ether oxygens (including phenoxy) is 3. The van der Waals surface area contributed by atoms with Gasteiger partial charge in [-0.2, -0.15) is 0 Å². The Bertz CT molecular complexity index is 604. The summed E-state index contributed by atoms with van der Waals surface area (Å²) in [6.07, 6.45) is -0.450. The van der Waals surface area contributed by atoms with E-state index in [1.54, 1.807) is 0 Å². The molecular formula is C18H20BrNO4. The lowest BCUT2D eigenvalue weighted by atomic mass is 10.2. The van der Waals surface area contributed by atoms with Crippen LogP contribution in [-0.2, 0) is 16.1 Å². The second kappa shape index (κ2) is 10.7. The summed E-state index contributed by atoms with van der Waals surface area (Å²) in [5, 5.41) is 2.64. The van der Waals surface area contributed by atoms with Crippen LogP contribution in [0, 0.1) is 0 Å². The molecule has 0 saturated heterocycles. The third-order valence-electron chi connectivity index (χ3n) is 3.04. The van der Waals surface area contributed by atoms with E-state index >= 15 is 0 Å². The van der Waals surface area contributed by atoms with Gasteiger partial charge in [-0.05, 0) is 29.8 Å². The van der Waals surface area contributed by atoms with E-state index in [1.807, 2.05) is 54.6 Å². The maximum atomic E-state index is 11.5. The van der Waals surface area contributed by atoms with Crippen molar-refractivity contribution < 1.29 is 19.0 Å². The molecule has 5 nitrogen and oxygen atoms in total. The first kappa shape index (κ1) is 18.3. The number of nitrogens with one attached hydrogen (secondary N) is 1. The van der Waals surface area contributed by atoms with Gasteiger partial charge in [0.2, 0.25) is 0 Å². The van der Waals surface area contributed by atoms with Crippen molar-refractivity contribution in [2.45, 2.75) is 6.61 Å². The van der Waals surface area contributed by atoms with Gasteiger partial charge in [0.25, 0.3) is 0 Å². The van der Waals surface area contributed by atoms with Gasteiger partial charge in [0, 0.05) is 11.0 Å². The maximum absolute atomic E-state index is 11.5. The summed E-state index contributed by atoms with van der Waals surface area (Å²) < 4.78 is 17.0. The highest BCUT2D eigenvalue weighted by atomic mass is 79.9. The molecule has 1 N–H and O–H groups in total. The summed E-state index contributed by atoms with van der Waals surface area (Å²) in [6, 6.07) is 17.1. The number of amides is 1. The second-order valence-electron chi connectivity index (χ2n) is 4.90. The van der Waals surface area contributed by atoms with E-state index in [2.05, 4.69) is 21.2 Å². The Labute approximate surface area is 150 Å². The van der Waals surface area contributed by atoms with Crippen molar-refractivity contribution >= 4 is 22.0 Å². The van der Waals surface area contributed by atoms with Crippen LogP contribution in [0.15, 0.2) is 59.1 Å². The fourth-order valence-corrected chi connectivity index (χ4v) is 2.12. The molecule has 0 radical (unpaired) electrons. The molecule has 0 spiro atoms. The molecule has 1 amide bonds. The standard InChI is InChI=1S/C18H20BrNO4/c19-16-6-8-17(9-7-16)23-13-12-22-11-10-20-18(21)24-14-15-4-2-1-3-5-15/h1-9H,10-14H2,(H,20,21). The predicted molar refractivity (Wildman–Crippen MR) is 95.1 cm³/mol. The molecular weight excluding hydrogens is 374 g/mol. The highest BCUT2D eigenvalue weighted by molar-refractivity contribution is 9.10. The number of alkyl carbamates (subject to hydrolysis) is 1. The average molecular weight is 394 g/mol. The number of carbonyl (C=O) groups excluding carboxylic acids is 1. The Balaban J connectivity index is 1.46. The van der Waals surface area contributed by atoms with E-state index in [4.69, 9.17) is 14.2 Å². The van der Waals surface area contributed by atoms with E-state index in [-0.39, 0.29) is 6.61 Å². The Morgan fingerprint density at radius 2 is 1.71 bits per heavy atom. The second-order valence-corrected chi connectivity index (χ2v) is 5.82. The average Bonchev–Trinajstić information content (AvgIpc) is 2.61. The van der Waals surface area contributed by atoms with Crippen molar-refractivity contribution in [3.8, 4) is 5.75 Å². The number of halogens is 1. The van der Waals surface area contributed by atoms with Crippen LogP contribution in [0.1, 0.15) is 5.56 Å². The lowest BCUT2D eigenvalue weighted by molar-refractivity contribution is 0.0966. The molecule has 0 saturated carbocycles. The number of hydrogen-bond donors (Lipinski definition) is 1. The monoisotopic (exact) mass is 393 g/mol. The summed E-state index contributed by atoms with van der Waals surface area (Å²) in [7, 11) is 0. The lowest BCUT2D eigenvalue weighted by Gasteiger charge is -2.09. The molecule has 2 rings (SSSR count). The first-order valence-corrected chi connectivity index (χ1v) is 8.44. The van der Waals surface area contributed by atoms with E-state index in [0.717, 1.165) is 15.8 Å². The van der Waals surface area contributed by atoms with Gasteiger partial charge in [-0.1, -0.05) is 46.3 Å². The topological polar surface area (TPSA) is 56.8 Å². The Kier molecular flexibility index (Phi) is 8.13. The van der Waals surface area contributed by atoms with Crippen molar-refractivity contribution in [3.05, 3.63) is 64.6 Å². The smallest absolute Gasteiger partial charge is 0.407 e. The van der Waals surface area contributed by atoms with Gasteiger partial charge in [-0.15, -0.1) is 0 Å². The van der Waals surface area contributed by atoms with Crippen molar-refractivity contribution in [1.82, 2.24) is 5.32 Å². The molecule has 0 fully saturated rings. The summed E-state index contributed by atoms with van der Waals surface area (Å²) in [4.78, 5) is 11.5. The molecule has 2 aromatic rings. The molecule has 0 atom stereocenters. The van der Waals surface area contributed by atoms with Gasteiger partial charge in [0.1, 0.15) is 19.0 Å². The van der Waals surface area contributed by atoms with Crippen LogP contribution in [0.4, 0.5) is 4.79 Å². The summed E-state index contributed by atoms with van der Waals surface area (Å²) in [5.41, 5.74) is 0.953. The van der Waals surface area contributed by atoms with Gasteiger partial charge in [-0.25, -0.2) is 4.79 Å². The zero-order chi connectivity index (χ0) is 17.0. The van der Waals surface area contributed by atoms with Gasteiger partial charge in [0.15, 0.2) is 0 Å². The predicted octanol–water partition coefficient (Wildman–Crippen LogP) is 3.77. The Morgan fingerprint density at radius 3 is 2.46 bits per heavy atom. The van der Waals surface area contributed by atoms with Crippen LogP contribution in [0.2, 0.25) is 0 Å². The van der Waals surface area contributed by atoms with E-state index < -0.39 is 6.09 Å². The summed E-state index contributed by atoms with van der Waals surface area (Å²) >= 11 is 3.37. The highest BCUT2D eigenvalue weighted by Gasteiger charge is 2.01. The van der Waals surface area contributed by atoms with Crippen molar-refractivity contribution in [2.75, 3.05) is 26.4 Å². The first-order valence-electron chi connectivity index (χ1n) is 7.65. The minimum atomic E-state index is -0.450. The van der Waals surface area contributed by atoms with Crippen LogP contribution in [0.5, 0.6) is 5.75 Å². The number of rotatable bonds is 9. The zero-order valence-corrected chi connectivity index (χ0v) is 14.8. The minimum absolute atomic E-state index is 0.258. The number of hydrogen-bond acceptors (Lipinski definition) is 4. The van der Waals surface area contributed by atoms with E-state index in [1.165, 1.54) is 0 Å². The molecule has 24 heavy (non-hydrogen) atoms. The van der Waals surface area contributed by atoms with E-state index in [0.29, 0.717) is 26.4 Å². The first-order chi connectivity index (χ1) is 11.7. The molecule has 128 valence electrons. The maximum Gasteiger partial charge on any atom is 0.407 e. The normalized spacial score (nSPS) is 10.2. The molecule has 6 heteroatoms. The van der Waals surface area contributed by atoms with Gasteiger partial charge >= 0.3 is 6.09 Å². The van der Waals surface area contributed by atoms with Crippen LogP contribution < -0.4 is 10.1 Å². The van der Waals surface area contributed by atoms with Crippen LogP contribution in [0.3, 0.4) is 0 Å². The van der Waals surface area contributed by atoms with Crippen molar-refractivity contribution in [2.24, 2.45) is 0 Å². The van der Waals surface area contributed by atoms with E-state index in [9.17, 15) is 4.79 Å². The summed E-state index contributed by atoms with van der Waals surface area (Å²) in [6.45, 7) is 1.97. The fourth-order valence-electron chi connectivity index (χ4n) is 1.85. The molecule has 0 heterocycles. The molecule has 0 bridgehead atoms. The third-order valence-corrected chi connectivity index (χ3v) is 3.57. The summed E-state index contributed by atoms with van der Waals surface area (Å²) in [5.74, 6) is 0.796. The van der Waals surface area contributed by atoms with Crippen LogP contribution in [-0.4, -0.2) is 32.5 Å².